The average Bonchev–Trinajstić information content (AvgIpc) is 2.80. The lowest BCUT2D eigenvalue weighted by atomic mass is 10.2. The number of hydrogen-bond acceptors (Lipinski definition) is 4. The molecule has 1 aromatic carbocycles. The fraction of sp³-hybridized carbons (Fsp3) is 0.154. The Bertz CT molecular complexity index is 679. The van der Waals surface area contributed by atoms with E-state index in [1.54, 1.807) is 22.5 Å². The zero-order valence-corrected chi connectivity index (χ0v) is 11.8. The van der Waals surface area contributed by atoms with Gasteiger partial charge in [0.15, 0.2) is 0 Å². The molecule has 19 heavy (non-hydrogen) atoms. The van der Waals surface area contributed by atoms with Crippen molar-refractivity contribution in [1.82, 2.24) is 19.6 Å². The molecule has 2 heterocycles. The summed E-state index contributed by atoms with van der Waals surface area (Å²) in [6, 6.07) is 9.67. The van der Waals surface area contributed by atoms with E-state index >= 15 is 0 Å². The van der Waals surface area contributed by atoms with Crippen LogP contribution in [0, 0.1) is 0 Å². The Morgan fingerprint density at radius 1 is 1.32 bits per heavy atom. The Kier molecular flexibility index (Phi) is 3.40. The standard InChI is InChI=1S/C13H11ClN4S/c1-9(10-4-2-5-11(14)8-10)19-13-16-12-15-6-3-7-18(12)17-13/h2-9H,1H3/t9-/m1/s1. The molecule has 1 atom stereocenters. The molecule has 0 aliphatic carbocycles. The molecule has 0 N–H and O–H groups in total. The Hall–Kier alpha value is -1.59. The lowest BCUT2D eigenvalue weighted by Crippen LogP contribution is -1.90. The van der Waals surface area contributed by atoms with Gasteiger partial charge in [0.05, 0.1) is 0 Å². The van der Waals surface area contributed by atoms with Crippen LogP contribution in [-0.2, 0) is 0 Å². The molecule has 0 unspecified atom stereocenters. The SMILES string of the molecule is C[C@@H](Sc1nc2ncccn2n1)c1cccc(Cl)c1. The maximum Gasteiger partial charge on any atom is 0.253 e. The van der Waals surface area contributed by atoms with Crippen LogP contribution in [-0.4, -0.2) is 19.6 Å². The van der Waals surface area contributed by atoms with Crippen molar-refractivity contribution >= 4 is 29.1 Å². The van der Waals surface area contributed by atoms with E-state index in [0.717, 1.165) is 10.6 Å². The quantitative estimate of drug-likeness (QED) is 0.691. The first-order chi connectivity index (χ1) is 9.22. The maximum absolute atomic E-state index is 6.00. The molecule has 4 nitrogen and oxygen atoms in total. The highest BCUT2D eigenvalue weighted by molar-refractivity contribution is 7.99. The first kappa shape index (κ1) is 12.4. The second kappa shape index (κ2) is 5.19. The van der Waals surface area contributed by atoms with Crippen LogP contribution in [0.5, 0.6) is 0 Å². The van der Waals surface area contributed by atoms with Gasteiger partial charge in [-0.05, 0) is 30.7 Å². The third-order valence-electron chi connectivity index (χ3n) is 2.70. The van der Waals surface area contributed by atoms with Crippen LogP contribution in [0.4, 0.5) is 0 Å². The predicted molar refractivity (Wildman–Crippen MR) is 76.5 cm³/mol. The van der Waals surface area contributed by atoms with E-state index in [4.69, 9.17) is 11.6 Å². The Morgan fingerprint density at radius 3 is 3.00 bits per heavy atom. The molecular formula is C13H11ClN4S. The van der Waals surface area contributed by atoms with Crippen LogP contribution in [0.25, 0.3) is 5.78 Å². The minimum atomic E-state index is 0.233. The number of benzene rings is 1. The maximum atomic E-state index is 6.00. The first-order valence-corrected chi connectivity index (χ1v) is 7.07. The van der Waals surface area contributed by atoms with Crippen LogP contribution in [0.2, 0.25) is 5.02 Å². The fourth-order valence-electron chi connectivity index (χ4n) is 1.75. The molecule has 0 aliphatic heterocycles. The van der Waals surface area contributed by atoms with Gasteiger partial charge in [0.1, 0.15) is 0 Å². The molecule has 0 saturated carbocycles. The summed E-state index contributed by atoms with van der Waals surface area (Å²) in [5.41, 5.74) is 1.16. The second-order valence-corrected chi connectivity index (χ2v) is 5.82. The number of halogens is 1. The second-order valence-electron chi connectivity index (χ2n) is 4.07. The largest absolute Gasteiger partial charge is 0.253 e. The van der Waals surface area contributed by atoms with Crippen LogP contribution in [0.1, 0.15) is 17.7 Å². The van der Waals surface area contributed by atoms with Crippen molar-refractivity contribution in [1.29, 1.82) is 0 Å². The zero-order valence-electron chi connectivity index (χ0n) is 10.2. The van der Waals surface area contributed by atoms with E-state index in [2.05, 4.69) is 28.1 Å². The van der Waals surface area contributed by atoms with E-state index in [1.165, 1.54) is 0 Å². The van der Waals surface area contributed by atoms with Crippen molar-refractivity contribution in [2.45, 2.75) is 17.3 Å². The van der Waals surface area contributed by atoms with Gasteiger partial charge in [-0.2, -0.15) is 4.98 Å². The number of fused-ring (bicyclic) bond motifs is 1. The minimum absolute atomic E-state index is 0.233. The van der Waals surface area contributed by atoms with Gasteiger partial charge < -0.3 is 0 Å². The summed E-state index contributed by atoms with van der Waals surface area (Å²) in [6.07, 6.45) is 3.54. The highest BCUT2D eigenvalue weighted by atomic mass is 35.5. The summed E-state index contributed by atoms with van der Waals surface area (Å²) in [5, 5.41) is 6.07. The average molecular weight is 291 g/mol. The van der Waals surface area contributed by atoms with E-state index < -0.39 is 0 Å². The number of thioether (sulfide) groups is 1. The van der Waals surface area contributed by atoms with Gasteiger partial charge in [-0.15, -0.1) is 5.10 Å². The third-order valence-corrected chi connectivity index (χ3v) is 3.94. The third kappa shape index (κ3) is 2.72. The van der Waals surface area contributed by atoms with Gasteiger partial charge in [0.25, 0.3) is 5.78 Å². The van der Waals surface area contributed by atoms with E-state index in [0.29, 0.717) is 10.9 Å². The number of nitrogens with zero attached hydrogens (tertiary/aromatic N) is 4. The smallest absolute Gasteiger partial charge is 0.220 e. The Morgan fingerprint density at radius 2 is 2.21 bits per heavy atom. The van der Waals surface area contributed by atoms with Crippen molar-refractivity contribution < 1.29 is 0 Å². The van der Waals surface area contributed by atoms with Crippen LogP contribution in [0.15, 0.2) is 47.9 Å². The van der Waals surface area contributed by atoms with Gasteiger partial charge in [0, 0.05) is 22.7 Å². The predicted octanol–water partition coefficient (Wildman–Crippen LogP) is 3.63. The van der Waals surface area contributed by atoms with E-state index in [1.807, 2.05) is 30.5 Å². The van der Waals surface area contributed by atoms with Gasteiger partial charge in [-0.25, -0.2) is 9.50 Å². The summed E-state index contributed by atoms with van der Waals surface area (Å²) >= 11 is 7.59. The molecule has 0 aliphatic rings. The van der Waals surface area contributed by atoms with Gasteiger partial charge in [-0.1, -0.05) is 35.5 Å². The lowest BCUT2D eigenvalue weighted by Gasteiger charge is -2.08. The molecule has 0 bridgehead atoms. The molecule has 0 saturated heterocycles. The number of rotatable bonds is 3. The van der Waals surface area contributed by atoms with Crippen LogP contribution >= 0.6 is 23.4 Å². The molecule has 2 aromatic heterocycles. The van der Waals surface area contributed by atoms with Crippen molar-refractivity contribution in [3.05, 3.63) is 53.3 Å². The van der Waals surface area contributed by atoms with Crippen molar-refractivity contribution in [3.8, 4) is 0 Å². The lowest BCUT2D eigenvalue weighted by molar-refractivity contribution is 0.875. The summed E-state index contributed by atoms with van der Waals surface area (Å²) in [5.74, 6) is 0.614. The zero-order chi connectivity index (χ0) is 13.2. The summed E-state index contributed by atoms with van der Waals surface area (Å²) < 4.78 is 1.67. The summed E-state index contributed by atoms with van der Waals surface area (Å²) in [4.78, 5) is 8.52. The number of aromatic nitrogens is 4. The molecular weight excluding hydrogens is 280 g/mol. The first-order valence-electron chi connectivity index (χ1n) is 5.82. The molecule has 0 radical (unpaired) electrons. The fourth-order valence-corrected chi connectivity index (χ4v) is 2.82. The van der Waals surface area contributed by atoms with Crippen molar-refractivity contribution in [3.63, 3.8) is 0 Å². The highest BCUT2D eigenvalue weighted by Gasteiger charge is 2.12. The van der Waals surface area contributed by atoms with Gasteiger partial charge in [0.2, 0.25) is 5.16 Å². The topological polar surface area (TPSA) is 43.1 Å². The minimum Gasteiger partial charge on any atom is -0.220 e. The monoisotopic (exact) mass is 290 g/mol. The van der Waals surface area contributed by atoms with Crippen LogP contribution < -0.4 is 0 Å². The Balaban J connectivity index is 1.84. The molecule has 6 heteroatoms. The highest BCUT2D eigenvalue weighted by Crippen LogP contribution is 2.33. The Labute approximate surface area is 119 Å². The van der Waals surface area contributed by atoms with Gasteiger partial charge in [-0.3, -0.25) is 0 Å². The summed E-state index contributed by atoms with van der Waals surface area (Å²) in [6.45, 7) is 2.11. The number of hydrogen-bond donors (Lipinski definition) is 0. The van der Waals surface area contributed by atoms with E-state index in [9.17, 15) is 0 Å². The van der Waals surface area contributed by atoms with Gasteiger partial charge >= 0.3 is 0 Å². The molecule has 0 spiro atoms. The van der Waals surface area contributed by atoms with E-state index in [-0.39, 0.29) is 5.25 Å². The molecule has 96 valence electrons. The summed E-state index contributed by atoms with van der Waals surface area (Å²) in [7, 11) is 0. The molecule has 3 rings (SSSR count). The molecule has 0 fully saturated rings. The van der Waals surface area contributed by atoms with Crippen molar-refractivity contribution in [2.75, 3.05) is 0 Å². The van der Waals surface area contributed by atoms with Crippen LogP contribution in [0.3, 0.4) is 0 Å². The van der Waals surface area contributed by atoms with Crippen molar-refractivity contribution in [2.24, 2.45) is 0 Å². The molecule has 3 aromatic rings. The normalized spacial score (nSPS) is 12.7. The molecule has 0 amide bonds.